The summed E-state index contributed by atoms with van der Waals surface area (Å²) in [6, 6.07) is 3.26. The van der Waals surface area contributed by atoms with Crippen molar-refractivity contribution >= 4 is 39.5 Å². The Morgan fingerprint density at radius 2 is 1.90 bits per heavy atom. The molecule has 2 aliphatic rings. The molecule has 4 rings (SSSR count). The Bertz CT molecular complexity index is 1270. The minimum atomic E-state index is -0.848. The molecule has 212 valence electrons. The molecule has 1 aliphatic carbocycles. The molecule has 0 spiro atoms. The summed E-state index contributed by atoms with van der Waals surface area (Å²) in [5.41, 5.74) is 0.984. The van der Waals surface area contributed by atoms with Gasteiger partial charge in [0.1, 0.15) is 23.7 Å². The minimum absolute atomic E-state index is 0.0471. The zero-order valence-electron chi connectivity index (χ0n) is 23.1. The molecule has 0 bridgehead atoms. The lowest BCUT2D eigenvalue weighted by Crippen LogP contribution is -2.36. The van der Waals surface area contributed by atoms with Crippen molar-refractivity contribution in [2.75, 3.05) is 7.11 Å². The molecule has 0 amide bonds. The quantitative estimate of drug-likeness (QED) is 0.245. The number of hydrogen-bond acceptors (Lipinski definition) is 7. The van der Waals surface area contributed by atoms with E-state index in [-0.39, 0.29) is 47.1 Å². The Morgan fingerprint density at radius 3 is 2.51 bits per heavy atom. The normalized spacial score (nSPS) is 17.2. The van der Waals surface area contributed by atoms with Crippen molar-refractivity contribution in [1.29, 1.82) is 0 Å². The van der Waals surface area contributed by atoms with Gasteiger partial charge in [0.2, 0.25) is 0 Å². The number of hydrogen-bond donors (Lipinski definition) is 1. The molecule has 7 nitrogen and oxygen atoms in total. The van der Waals surface area contributed by atoms with Gasteiger partial charge in [0.15, 0.2) is 11.5 Å². The van der Waals surface area contributed by atoms with Crippen LogP contribution in [0, 0.1) is 18.3 Å². The van der Waals surface area contributed by atoms with E-state index in [9.17, 15) is 14.7 Å². The average molecular weight is 624 g/mol. The van der Waals surface area contributed by atoms with E-state index >= 15 is 0 Å². The van der Waals surface area contributed by atoms with E-state index in [0.717, 1.165) is 32.1 Å². The molecule has 1 aliphatic heterocycles. The van der Waals surface area contributed by atoms with Gasteiger partial charge in [-0.15, -0.1) is 0 Å². The fourth-order valence-corrected chi connectivity index (χ4v) is 6.33. The second-order valence-electron chi connectivity index (χ2n) is 10.9. The molecule has 1 N–H and O–H groups in total. The molecule has 1 fully saturated rings. The topological polar surface area (TPSA) is 91.3 Å². The van der Waals surface area contributed by atoms with Crippen LogP contribution in [0.3, 0.4) is 0 Å². The van der Waals surface area contributed by atoms with Crippen molar-refractivity contribution in [2.24, 2.45) is 11.3 Å². The molecule has 1 heterocycles. The number of carbonyl (C=O) groups excluding carboxylic acids is 2. The van der Waals surface area contributed by atoms with Crippen LogP contribution < -0.4 is 14.2 Å². The molecule has 0 unspecified atom stereocenters. The highest BCUT2D eigenvalue weighted by Gasteiger charge is 2.41. The lowest BCUT2D eigenvalue weighted by Gasteiger charge is -2.34. The van der Waals surface area contributed by atoms with Crippen LogP contribution in [-0.4, -0.2) is 24.2 Å². The van der Waals surface area contributed by atoms with Crippen LogP contribution in [0.5, 0.6) is 23.0 Å². The number of aliphatic hydroxyl groups excluding tert-OH is 1. The second kappa shape index (κ2) is 12.1. The van der Waals surface area contributed by atoms with E-state index in [4.69, 9.17) is 30.5 Å². The van der Waals surface area contributed by atoms with Crippen molar-refractivity contribution in [1.82, 2.24) is 0 Å². The molecular formula is C30H36BrClO7. The number of halogens is 2. The fourth-order valence-electron chi connectivity index (χ4n) is 5.52. The summed E-state index contributed by atoms with van der Waals surface area (Å²) in [6.45, 7) is 7.61. The van der Waals surface area contributed by atoms with Gasteiger partial charge in [-0.25, -0.2) is 4.79 Å². The summed E-state index contributed by atoms with van der Waals surface area (Å²) in [6.07, 6.45) is 4.92. The maximum absolute atomic E-state index is 13.6. The van der Waals surface area contributed by atoms with Gasteiger partial charge in [0.05, 0.1) is 33.7 Å². The summed E-state index contributed by atoms with van der Waals surface area (Å²) >= 11 is 10.3. The molecule has 9 heteroatoms. The van der Waals surface area contributed by atoms with Gasteiger partial charge in [0.25, 0.3) is 0 Å². The van der Waals surface area contributed by atoms with E-state index in [0.29, 0.717) is 39.0 Å². The van der Waals surface area contributed by atoms with Gasteiger partial charge >= 0.3 is 11.9 Å². The number of carbonyl (C=O) groups is 2. The number of methoxy groups -OCH3 is 1. The van der Waals surface area contributed by atoms with Crippen LogP contribution in [0.25, 0.3) is 0 Å². The summed E-state index contributed by atoms with van der Waals surface area (Å²) in [5, 5.41) is 11.2. The van der Waals surface area contributed by atoms with Crippen molar-refractivity contribution < 1.29 is 33.6 Å². The molecule has 0 aromatic heterocycles. The first-order valence-corrected chi connectivity index (χ1v) is 14.7. The molecule has 2 aromatic rings. The number of rotatable bonds is 7. The molecule has 1 saturated carbocycles. The predicted octanol–water partition coefficient (Wildman–Crippen LogP) is 8.23. The predicted molar refractivity (Wildman–Crippen MR) is 152 cm³/mol. The Kier molecular flexibility index (Phi) is 9.19. The van der Waals surface area contributed by atoms with Crippen molar-refractivity contribution in [2.45, 2.75) is 85.4 Å². The third-order valence-corrected chi connectivity index (χ3v) is 9.36. The van der Waals surface area contributed by atoms with Gasteiger partial charge in [0, 0.05) is 5.56 Å². The SMILES string of the molecule is CCC1(C(=O)Oc2c(Br)c(C)c(Cl)c3c2Oc2ccc([C@@H](O)CC(C)C)c(OC)c2C(=O)OC3)CCCCC1. The molecule has 2 aromatic carbocycles. The van der Waals surface area contributed by atoms with Crippen LogP contribution >= 0.6 is 27.5 Å². The van der Waals surface area contributed by atoms with Crippen LogP contribution in [0.4, 0.5) is 0 Å². The van der Waals surface area contributed by atoms with E-state index in [1.54, 1.807) is 19.1 Å². The number of ether oxygens (including phenoxy) is 4. The number of cyclic esters (lactones) is 1. The smallest absolute Gasteiger partial charge is 0.346 e. The fraction of sp³-hybridized carbons (Fsp3) is 0.533. The maximum atomic E-state index is 13.6. The average Bonchev–Trinajstić information content (AvgIpc) is 2.92. The van der Waals surface area contributed by atoms with Crippen molar-refractivity contribution in [3.8, 4) is 23.0 Å². The number of benzene rings is 2. The highest BCUT2D eigenvalue weighted by molar-refractivity contribution is 9.10. The monoisotopic (exact) mass is 622 g/mol. The Hall–Kier alpha value is -2.29. The first kappa shape index (κ1) is 29.7. The Labute approximate surface area is 243 Å². The Balaban J connectivity index is 1.84. The van der Waals surface area contributed by atoms with E-state index < -0.39 is 17.5 Å². The summed E-state index contributed by atoms with van der Waals surface area (Å²) in [4.78, 5) is 26.9. The highest BCUT2D eigenvalue weighted by atomic mass is 79.9. The van der Waals surface area contributed by atoms with Crippen molar-refractivity contribution in [3.05, 3.63) is 43.9 Å². The second-order valence-corrected chi connectivity index (χ2v) is 12.0. The van der Waals surface area contributed by atoms with E-state index in [1.807, 2.05) is 20.8 Å². The molecular weight excluding hydrogens is 588 g/mol. The van der Waals surface area contributed by atoms with Gasteiger partial charge < -0.3 is 24.1 Å². The van der Waals surface area contributed by atoms with Crippen LogP contribution in [0.1, 0.15) is 98.9 Å². The third-order valence-electron chi connectivity index (χ3n) is 7.89. The molecule has 1 atom stereocenters. The third kappa shape index (κ3) is 5.66. The lowest BCUT2D eigenvalue weighted by atomic mass is 9.72. The summed E-state index contributed by atoms with van der Waals surface area (Å²) in [7, 11) is 1.43. The van der Waals surface area contributed by atoms with E-state index in [2.05, 4.69) is 15.9 Å². The lowest BCUT2D eigenvalue weighted by molar-refractivity contribution is -0.148. The molecule has 0 saturated heterocycles. The first-order valence-electron chi connectivity index (χ1n) is 13.5. The zero-order valence-corrected chi connectivity index (χ0v) is 25.5. The van der Waals surface area contributed by atoms with E-state index in [1.165, 1.54) is 7.11 Å². The minimum Gasteiger partial charge on any atom is -0.495 e. The maximum Gasteiger partial charge on any atom is 0.346 e. The van der Waals surface area contributed by atoms with Gasteiger partial charge in [-0.05, 0) is 72.2 Å². The number of esters is 2. The number of fused-ring (bicyclic) bond motifs is 2. The summed E-state index contributed by atoms with van der Waals surface area (Å²) < 4.78 is 24.3. The van der Waals surface area contributed by atoms with Gasteiger partial charge in [-0.2, -0.15) is 0 Å². The standard InChI is InChI=1S/C30H36BrClO7/c1-6-30(12-8-7-9-13-30)29(35)39-27-23(31)17(4)24(32)19-15-37-28(34)22-21(38-26(19)27)11-10-18(25(22)36-5)20(33)14-16(2)3/h10-11,16,20,33H,6-9,12-15H2,1-5H3/t20-/m0/s1. The Morgan fingerprint density at radius 1 is 1.21 bits per heavy atom. The van der Waals surface area contributed by atoms with Gasteiger partial charge in [-0.3, -0.25) is 4.79 Å². The first-order chi connectivity index (χ1) is 18.5. The highest BCUT2D eigenvalue weighted by Crippen LogP contribution is 2.51. The van der Waals surface area contributed by atoms with Gasteiger partial charge in [-0.1, -0.05) is 51.6 Å². The van der Waals surface area contributed by atoms with Crippen LogP contribution in [0.15, 0.2) is 16.6 Å². The van der Waals surface area contributed by atoms with Crippen LogP contribution in [-0.2, 0) is 16.1 Å². The summed E-state index contributed by atoms with van der Waals surface area (Å²) in [5.74, 6) is -0.0451. The number of aliphatic hydroxyl groups is 1. The van der Waals surface area contributed by atoms with Crippen LogP contribution in [0.2, 0.25) is 5.02 Å². The molecule has 39 heavy (non-hydrogen) atoms. The molecule has 0 radical (unpaired) electrons. The largest absolute Gasteiger partial charge is 0.495 e. The van der Waals surface area contributed by atoms with Crippen molar-refractivity contribution in [3.63, 3.8) is 0 Å². The zero-order chi connectivity index (χ0) is 28.5.